The van der Waals surface area contributed by atoms with Crippen molar-refractivity contribution < 1.29 is 4.79 Å². The third-order valence-electron chi connectivity index (χ3n) is 4.71. The van der Waals surface area contributed by atoms with Crippen LogP contribution in [0.2, 0.25) is 0 Å². The Bertz CT molecular complexity index is 724. The van der Waals surface area contributed by atoms with Crippen LogP contribution in [-0.2, 0) is 4.79 Å². The van der Waals surface area contributed by atoms with Crippen molar-refractivity contribution >= 4 is 22.5 Å². The fraction of sp³-hybridized carbons (Fsp3) is 0.474. The van der Waals surface area contributed by atoms with Crippen LogP contribution in [0, 0.1) is 5.92 Å². The summed E-state index contributed by atoms with van der Waals surface area (Å²) in [6.45, 7) is 6.08. The fourth-order valence-electron chi connectivity index (χ4n) is 3.40. The maximum Gasteiger partial charge on any atom is 0.227 e. The molecule has 4 heteroatoms. The van der Waals surface area contributed by atoms with Crippen molar-refractivity contribution in [3.63, 3.8) is 0 Å². The van der Waals surface area contributed by atoms with Gasteiger partial charge in [-0.05, 0) is 29.4 Å². The Hall–Kier alpha value is -2.10. The summed E-state index contributed by atoms with van der Waals surface area (Å²) in [5.41, 5.74) is 1.34. The van der Waals surface area contributed by atoms with Gasteiger partial charge < -0.3 is 9.80 Å². The number of pyridine rings is 1. The lowest BCUT2D eigenvalue weighted by molar-refractivity contribution is -0.132. The van der Waals surface area contributed by atoms with Crippen molar-refractivity contribution in [1.82, 2.24) is 9.88 Å². The van der Waals surface area contributed by atoms with Crippen molar-refractivity contribution in [2.24, 2.45) is 5.92 Å². The van der Waals surface area contributed by atoms with Gasteiger partial charge in [0.25, 0.3) is 0 Å². The zero-order valence-corrected chi connectivity index (χ0v) is 14.4. The Labute approximate surface area is 138 Å². The average molecular weight is 311 g/mol. The molecule has 3 rings (SSSR count). The minimum absolute atomic E-state index is 0.0875. The first-order chi connectivity index (χ1) is 11.0. The van der Waals surface area contributed by atoms with Gasteiger partial charge in [-0.2, -0.15) is 0 Å². The zero-order chi connectivity index (χ0) is 16.6. The number of benzene rings is 1. The molecule has 1 unspecified atom stereocenters. The van der Waals surface area contributed by atoms with Gasteiger partial charge in [-0.15, -0.1) is 0 Å². The number of carbonyl (C=O) groups is 1. The van der Waals surface area contributed by atoms with Crippen LogP contribution < -0.4 is 4.90 Å². The topological polar surface area (TPSA) is 36.4 Å². The van der Waals surface area contributed by atoms with Gasteiger partial charge in [-0.25, -0.2) is 4.98 Å². The molecule has 1 saturated heterocycles. The molecule has 1 amide bonds. The highest BCUT2D eigenvalue weighted by Gasteiger charge is 2.30. The second kappa shape index (κ2) is 6.19. The van der Waals surface area contributed by atoms with E-state index < -0.39 is 0 Å². The first-order valence-corrected chi connectivity index (χ1v) is 8.32. The molecule has 0 saturated carbocycles. The maximum absolute atomic E-state index is 12.1. The first kappa shape index (κ1) is 15.8. The van der Waals surface area contributed by atoms with Crippen LogP contribution in [0.25, 0.3) is 10.8 Å². The number of hydrogen-bond donors (Lipinski definition) is 0. The summed E-state index contributed by atoms with van der Waals surface area (Å²) in [6.07, 6.45) is 2.89. The molecule has 0 radical (unpaired) electrons. The summed E-state index contributed by atoms with van der Waals surface area (Å²) < 4.78 is 0. The number of anilines is 1. The van der Waals surface area contributed by atoms with E-state index in [2.05, 4.69) is 48.0 Å². The molecule has 1 aliphatic rings. The Kier molecular flexibility index (Phi) is 4.24. The van der Waals surface area contributed by atoms with Crippen LogP contribution in [-0.4, -0.2) is 43.0 Å². The predicted molar refractivity (Wildman–Crippen MR) is 94.8 cm³/mol. The molecule has 1 aromatic carbocycles. The minimum atomic E-state index is 0.0875. The summed E-state index contributed by atoms with van der Waals surface area (Å²) in [7, 11) is 3.65. The lowest BCUT2D eigenvalue weighted by Gasteiger charge is -2.20. The molecule has 0 N–H and O–H groups in total. The molecule has 23 heavy (non-hydrogen) atoms. The number of nitrogens with zero attached hydrogens (tertiary/aromatic N) is 3. The van der Waals surface area contributed by atoms with Gasteiger partial charge in [0, 0.05) is 38.8 Å². The smallest absolute Gasteiger partial charge is 0.227 e. The molecule has 2 aromatic rings. The molecular formula is C19H25N3O. The summed E-state index contributed by atoms with van der Waals surface area (Å²) in [5.74, 6) is 1.77. The van der Waals surface area contributed by atoms with E-state index >= 15 is 0 Å². The number of amides is 1. The number of fused-ring (bicyclic) bond motifs is 1. The van der Waals surface area contributed by atoms with Gasteiger partial charge in [0.2, 0.25) is 5.91 Å². The standard InChI is InChI=1S/C19H25N3O/c1-13(2)16-7-5-6-14-10-18(20-11-17(14)16)22-9-8-15(12-22)19(23)21(3)4/h5-7,10-11,13,15H,8-9,12H2,1-4H3. The second-order valence-electron chi connectivity index (χ2n) is 6.93. The Morgan fingerprint density at radius 2 is 2.13 bits per heavy atom. The molecule has 4 nitrogen and oxygen atoms in total. The highest BCUT2D eigenvalue weighted by molar-refractivity contribution is 5.87. The van der Waals surface area contributed by atoms with Gasteiger partial charge in [0.1, 0.15) is 5.82 Å². The van der Waals surface area contributed by atoms with Crippen molar-refractivity contribution in [3.05, 3.63) is 36.0 Å². The van der Waals surface area contributed by atoms with E-state index in [4.69, 9.17) is 0 Å². The molecule has 0 spiro atoms. The fourth-order valence-corrected chi connectivity index (χ4v) is 3.40. The molecule has 1 aromatic heterocycles. The Balaban J connectivity index is 1.86. The van der Waals surface area contributed by atoms with Crippen LogP contribution in [0.4, 0.5) is 5.82 Å². The van der Waals surface area contributed by atoms with E-state index in [1.54, 1.807) is 4.90 Å². The maximum atomic E-state index is 12.1. The normalized spacial score (nSPS) is 18.0. The van der Waals surface area contributed by atoms with Crippen molar-refractivity contribution in [2.45, 2.75) is 26.2 Å². The van der Waals surface area contributed by atoms with E-state index in [1.165, 1.54) is 16.3 Å². The van der Waals surface area contributed by atoms with E-state index in [1.807, 2.05) is 20.3 Å². The van der Waals surface area contributed by atoms with E-state index in [9.17, 15) is 4.79 Å². The highest BCUT2D eigenvalue weighted by atomic mass is 16.2. The number of hydrogen-bond acceptors (Lipinski definition) is 3. The number of carbonyl (C=O) groups excluding carboxylic acids is 1. The quantitative estimate of drug-likeness (QED) is 0.873. The van der Waals surface area contributed by atoms with Gasteiger partial charge >= 0.3 is 0 Å². The van der Waals surface area contributed by atoms with E-state index in [0.717, 1.165) is 25.3 Å². The molecule has 122 valence electrons. The van der Waals surface area contributed by atoms with Crippen molar-refractivity contribution in [2.75, 3.05) is 32.1 Å². The Morgan fingerprint density at radius 1 is 1.35 bits per heavy atom. The van der Waals surface area contributed by atoms with Crippen LogP contribution >= 0.6 is 0 Å². The predicted octanol–water partition coefficient (Wildman–Crippen LogP) is 3.27. The molecule has 0 aliphatic carbocycles. The van der Waals surface area contributed by atoms with Crippen molar-refractivity contribution in [3.8, 4) is 0 Å². The number of aromatic nitrogens is 1. The van der Waals surface area contributed by atoms with Gasteiger partial charge in [-0.3, -0.25) is 4.79 Å². The van der Waals surface area contributed by atoms with E-state index in [-0.39, 0.29) is 11.8 Å². The van der Waals surface area contributed by atoms with Crippen molar-refractivity contribution in [1.29, 1.82) is 0 Å². The van der Waals surface area contributed by atoms with Crippen LogP contribution in [0.3, 0.4) is 0 Å². The molecule has 1 aliphatic heterocycles. The van der Waals surface area contributed by atoms with E-state index in [0.29, 0.717) is 5.92 Å². The monoisotopic (exact) mass is 311 g/mol. The lowest BCUT2D eigenvalue weighted by atomic mass is 9.97. The van der Waals surface area contributed by atoms with Crippen LogP contribution in [0.5, 0.6) is 0 Å². The summed E-state index contributed by atoms with van der Waals surface area (Å²) in [5, 5.41) is 2.45. The molecule has 1 fully saturated rings. The largest absolute Gasteiger partial charge is 0.356 e. The third kappa shape index (κ3) is 3.03. The Morgan fingerprint density at radius 3 is 2.83 bits per heavy atom. The SMILES string of the molecule is CC(C)c1cccc2cc(N3CCC(C(=O)N(C)C)C3)ncc12. The third-order valence-corrected chi connectivity index (χ3v) is 4.71. The average Bonchev–Trinajstić information content (AvgIpc) is 3.02. The summed E-state index contributed by atoms with van der Waals surface area (Å²) in [6, 6.07) is 8.59. The van der Waals surface area contributed by atoms with Crippen LogP contribution in [0.1, 0.15) is 31.7 Å². The van der Waals surface area contributed by atoms with Gasteiger partial charge in [0.15, 0.2) is 0 Å². The van der Waals surface area contributed by atoms with Crippen LogP contribution in [0.15, 0.2) is 30.5 Å². The highest BCUT2D eigenvalue weighted by Crippen LogP contribution is 2.29. The molecule has 2 heterocycles. The molecule has 1 atom stereocenters. The first-order valence-electron chi connectivity index (χ1n) is 8.32. The molecule has 0 bridgehead atoms. The lowest BCUT2D eigenvalue weighted by Crippen LogP contribution is -2.32. The minimum Gasteiger partial charge on any atom is -0.356 e. The number of rotatable bonds is 3. The van der Waals surface area contributed by atoms with Gasteiger partial charge in [0.05, 0.1) is 5.92 Å². The molecular weight excluding hydrogens is 286 g/mol. The van der Waals surface area contributed by atoms with Gasteiger partial charge in [-0.1, -0.05) is 32.0 Å². The summed E-state index contributed by atoms with van der Waals surface area (Å²) in [4.78, 5) is 20.7. The zero-order valence-electron chi connectivity index (χ0n) is 14.4. The second-order valence-corrected chi connectivity index (χ2v) is 6.93. The summed E-state index contributed by atoms with van der Waals surface area (Å²) >= 11 is 0.